The number of alkyl halides is 7. The van der Waals surface area contributed by atoms with E-state index in [0.29, 0.717) is 37.1 Å². The van der Waals surface area contributed by atoms with Crippen molar-refractivity contribution in [3.8, 4) is 11.3 Å². The van der Waals surface area contributed by atoms with Crippen molar-refractivity contribution in [3.05, 3.63) is 84.1 Å². The molecule has 11 heteroatoms. The molecule has 0 N–H and O–H groups in total. The molecule has 3 nitrogen and oxygen atoms in total. The maximum Gasteiger partial charge on any atom is 0.435 e. The highest BCUT2D eigenvalue weighted by Gasteiger charge is 2.73. The lowest BCUT2D eigenvalue weighted by atomic mass is 9.90. The van der Waals surface area contributed by atoms with Crippen molar-refractivity contribution in [3.63, 3.8) is 0 Å². The first-order chi connectivity index (χ1) is 16.9. The molecule has 1 aromatic heterocycles. The van der Waals surface area contributed by atoms with Gasteiger partial charge in [-0.05, 0) is 36.2 Å². The number of pyridine rings is 1. The third kappa shape index (κ3) is 4.68. The van der Waals surface area contributed by atoms with Crippen molar-refractivity contribution in [2.45, 2.75) is 34.1 Å². The first kappa shape index (κ1) is 26.0. The number of likely N-dealkylation sites (tertiary alicyclic amines) is 1. The molecule has 0 radical (unpaired) electrons. The number of carbonyl (C=O) groups is 1. The van der Waals surface area contributed by atoms with Crippen LogP contribution < -0.4 is 0 Å². The van der Waals surface area contributed by atoms with Gasteiger partial charge in [0.05, 0.1) is 10.4 Å². The summed E-state index contributed by atoms with van der Waals surface area (Å²) in [6.07, 6.45) is -9.70. The summed E-state index contributed by atoms with van der Waals surface area (Å²) in [5.41, 5.74) is -5.13. The van der Waals surface area contributed by atoms with Crippen LogP contribution in [0.5, 0.6) is 0 Å². The molecule has 0 saturated carbocycles. The predicted octanol–water partition coefficient (Wildman–Crippen LogP) is 6.89. The van der Waals surface area contributed by atoms with Crippen LogP contribution in [0, 0.1) is 0 Å². The zero-order chi connectivity index (χ0) is 26.2. The molecular weight excluding hydrogens is 509 g/mol. The molecule has 2 heterocycles. The summed E-state index contributed by atoms with van der Waals surface area (Å²) in [6.45, 7) is 0.518. The second kappa shape index (κ2) is 9.42. The zero-order valence-corrected chi connectivity index (χ0v) is 19.3. The van der Waals surface area contributed by atoms with E-state index in [1.807, 2.05) is 30.3 Å². The van der Waals surface area contributed by atoms with Crippen LogP contribution in [-0.4, -0.2) is 41.7 Å². The SMILES string of the molecule is O=CN1CCC(Sc2cccc(-c3ccccn3)c2)(c2ccc(C(F)(C(F)(F)F)C(F)(F)F)cc2)C1. The Morgan fingerprint density at radius 3 is 2.14 bits per heavy atom. The van der Waals surface area contributed by atoms with Gasteiger partial charge in [-0.25, -0.2) is 4.39 Å². The Bertz CT molecular complexity index is 1200. The monoisotopic (exact) mass is 528 g/mol. The maximum atomic E-state index is 14.5. The normalized spacial score (nSPS) is 18.9. The summed E-state index contributed by atoms with van der Waals surface area (Å²) in [4.78, 5) is 18.0. The van der Waals surface area contributed by atoms with Crippen LogP contribution in [0.15, 0.2) is 77.8 Å². The number of nitrogens with zero attached hydrogens (tertiary/aromatic N) is 2. The van der Waals surface area contributed by atoms with Gasteiger partial charge in [-0.15, -0.1) is 11.8 Å². The van der Waals surface area contributed by atoms with Crippen molar-refractivity contribution in [1.29, 1.82) is 0 Å². The molecule has 36 heavy (non-hydrogen) atoms. The second-order valence-corrected chi connectivity index (χ2v) is 9.85. The van der Waals surface area contributed by atoms with Gasteiger partial charge in [0, 0.05) is 35.3 Å². The van der Waals surface area contributed by atoms with E-state index in [2.05, 4.69) is 4.98 Å². The van der Waals surface area contributed by atoms with Crippen molar-refractivity contribution >= 4 is 18.2 Å². The van der Waals surface area contributed by atoms with Gasteiger partial charge in [0.2, 0.25) is 6.41 Å². The Labute approximate surface area is 206 Å². The second-order valence-electron chi connectivity index (χ2n) is 8.40. The van der Waals surface area contributed by atoms with E-state index in [1.165, 1.54) is 16.7 Å². The molecule has 3 aromatic rings. The lowest BCUT2D eigenvalue weighted by Crippen LogP contribution is -2.50. The van der Waals surface area contributed by atoms with Crippen LogP contribution >= 0.6 is 11.8 Å². The summed E-state index contributed by atoms with van der Waals surface area (Å²) < 4.78 is 92.7. The molecule has 1 aliphatic heterocycles. The quantitative estimate of drug-likeness (QED) is 0.258. The van der Waals surface area contributed by atoms with Crippen LogP contribution in [0.1, 0.15) is 17.5 Å². The topological polar surface area (TPSA) is 33.2 Å². The first-order valence-corrected chi connectivity index (χ1v) is 11.5. The molecular formula is C25H19F7N2OS. The van der Waals surface area contributed by atoms with Crippen molar-refractivity contribution in [2.75, 3.05) is 13.1 Å². The fourth-order valence-electron chi connectivity index (χ4n) is 4.25. The average Bonchev–Trinajstić information content (AvgIpc) is 3.27. The van der Waals surface area contributed by atoms with E-state index in [0.717, 1.165) is 28.3 Å². The largest absolute Gasteiger partial charge is 0.435 e. The van der Waals surface area contributed by atoms with E-state index < -0.39 is 28.3 Å². The summed E-state index contributed by atoms with van der Waals surface area (Å²) in [7, 11) is 0. The van der Waals surface area contributed by atoms with Gasteiger partial charge in [0.15, 0.2) is 0 Å². The number of aromatic nitrogens is 1. The number of rotatable bonds is 6. The number of benzene rings is 2. The number of halogens is 7. The number of hydrogen-bond donors (Lipinski definition) is 0. The van der Waals surface area contributed by atoms with Crippen LogP contribution in [-0.2, 0) is 15.2 Å². The molecule has 1 saturated heterocycles. The zero-order valence-electron chi connectivity index (χ0n) is 18.5. The minimum atomic E-state index is -6.19. The lowest BCUT2D eigenvalue weighted by Gasteiger charge is -2.32. The van der Waals surface area contributed by atoms with Crippen LogP contribution in [0.4, 0.5) is 30.7 Å². The van der Waals surface area contributed by atoms with Gasteiger partial charge in [0.25, 0.3) is 0 Å². The highest BCUT2D eigenvalue weighted by Crippen LogP contribution is 2.54. The van der Waals surface area contributed by atoms with Crippen LogP contribution in [0.3, 0.4) is 0 Å². The summed E-state index contributed by atoms with van der Waals surface area (Å²) in [5, 5.41) is 0. The number of carbonyl (C=O) groups excluding carboxylic acids is 1. The van der Waals surface area contributed by atoms with Gasteiger partial charge < -0.3 is 4.90 Å². The van der Waals surface area contributed by atoms with Gasteiger partial charge in [0.1, 0.15) is 0 Å². The van der Waals surface area contributed by atoms with E-state index in [1.54, 1.807) is 18.3 Å². The van der Waals surface area contributed by atoms with Crippen molar-refractivity contribution in [1.82, 2.24) is 9.88 Å². The number of thioether (sulfide) groups is 1. The number of hydrogen-bond acceptors (Lipinski definition) is 3. The third-order valence-electron chi connectivity index (χ3n) is 6.11. The van der Waals surface area contributed by atoms with Gasteiger partial charge in [-0.2, -0.15) is 26.3 Å². The highest BCUT2D eigenvalue weighted by atomic mass is 32.2. The molecule has 2 aromatic carbocycles. The summed E-state index contributed by atoms with van der Waals surface area (Å²) in [5.74, 6) is 0. The summed E-state index contributed by atoms with van der Waals surface area (Å²) >= 11 is 1.34. The minimum absolute atomic E-state index is 0.174. The van der Waals surface area contributed by atoms with E-state index in [4.69, 9.17) is 0 Å². The van der Waals surface area contributed by atoms with Crippen molar-refractivity contribution < 1.29 is 35.5 Å². The lowest BCUT2D eigenvalue weighted by molar-refractivity contribution is -0.348. The Balaban J connectivity index is 1.72. The third-order valence-corrected chi connectivity index (χ3v) is 7.56. The molecule has 1 amide bonds. The summed E-state index contributed by atoms with van der Waals surface area (Å²) in [6, 6.07) is 16.0. The predicted molar refractivity (Wildman–Crippen MR) is 121 cm³/mol. The van der Waals surface area contributed by atoms with Crippen molar-refractivity contribution in [2.24, 2.45) is 0 Å². The molecule has 4 rings (SSSR count). The van der Waals surface area contributed by atoms with Crippen LogP contribution in [0.2, 0.25) is 0 Å². The fourth-order valence-corrected chi connectivity index (χ4v) is 5.71. The molecule has 1 fully saturated rings. The Morgan fingerprint density at radius 2 is 1.58 bits per heavy atom. The maximum absolute atomic E-state index is 14.5. The molecule has 0 spiro atoms. The van der Waals surface area contributed by atoms with Crippen LogP contribution in [0.25, 0.3) is 11.3 Å². The standard InChI is InChI=1S/C25H19F7N2OS/c26-23(24(27,28)29,25(30,31)32)19-9-7-18(8-10-19)22(11-13-34(15-22)16-35)36-20-5-3-4-17(14-20)21-6-1-2-12-33-21/h1-10,12,14,16H,11,13,15H2. The van der Waals surface area contributed by atoms with Gasteiger partial charge >= 0.3 is 18.0 Å². The molecule has 0 aliphatic carbocycles. The van der Waals surface area contributed by atoms with E-state index in [-0.39, 0.29) is 6.54 Å². The van der Waals surface area contributed by atoms with E-state index >= 15 is 0 Å². The Kier molecular flexibility index (Phi) is 6.80. The van der Waals surface area contributed by atoms with E-state index in [9.17, 15) is 35.5 Å². The minimum Gasteiger partial charge on any atom is -0.343 e. The smallest absolute Gasteiger partial charge is 0.343 e. The Hall–Kier alpha value is -3.08. The molecule has 1 atom stereocenters. The van der Waals surface area contributed by atoms with Gasteiger partial charge in [-0.1, -0.05) is 42.5 Å². The molecule has 1 unspecified atom stereocenters. The fraction of sp³-hybridized carbons (Fsp3) is 0.280. The van der Waals surface area contributed by atoms with Gasteiger partial charge in [-0.3, -0.25) is 9.78 Å². The Morgan fingerprint density at radius 1 is 0.889 bits per heavy atom. The highest BCUT2D eigenvalue weighted by molar-refractivity contribution is 8.00. The average molecular weight is 528 g/mol. The number of amides is 1. The first-order valence-electron chi connectivity index (χ1n) is 10.7. The molecule has 0 bridgehead atoms. The molecule has 190 valence electrons. The molecule has 1 aliphatic rings.